The molecule has 1 N–H and O–H groups in total. The average molecular weight is 309 g/mol. The van der Waals surface area contributed by atoms with Gasteiger partial charge in [-0.25, -0.2) is 4.98 Å². The summed E-state index contributed by atoms with van der Waals surface area (Å²) in [6, 6.07) is 17.8. The van der Waals surface area contributed by atoms with Crippen molar-refractivity contribution in [2.24, 2.45) is 5.10 Å². The van der Waals surface area contributed by atoms with Crippen LogP contribution in [0.2, 0.25) is 0 Å². The third kappa shape index (κ3) is 3.51. The van der Waals surface area contributed by atoms with Crippen molar-refractivity contribution in [2.75, 3.05) is 12.5 Å². The number of ether oxygens (including phenoxy) is 1. The van der Waals surface area contributed by atoms with Crippen molar-refractivity contribution in [3.05, 3.63) is 65.5 Å². The number of methoxy groups -OCH3 is 1. The van der Waals surface area contributed by atoms with Crippen molar-refractivity contribution in [3.63, 3.8) is 0 Å². The van der Waals surface area contributed by atoms with Crippen LogP contribution in [0.25, 0.3) is 11.3 Å². The zero-order chi connectivity index (χ0) is 15.2. The van der Waals surface area contributed by atoms with Crippen LogP contribution in [0, 0.1) is 0 Å². The van der Waals surface area contributed by atoms with E-state index >= 15 is 0 Å². The number of nitrogens with one attached hydrogen (secondary N) is 1. The average Bonchev–Trinajstić information content (AvgIpc) is 3.05. The van der Waals surface area contributed by atoms with Gasteiger partial charge < -0.3 is 4.74 Å². The number of aromatic nitrogens is 1. The maximum absolute atomic E-state index is 5.12. The monoisotopic (exact) mass is 309 g/mol. The Kier molecular flexibility index (Phi) is 4.46. The first-order valence-corrected chi connectivity index (χ1v) is 7.67. The van der Waals surface area contributed by atoms with Crippen LogP contribution in [-0.4, -0.2) is 18.3 Å². The van der Waals surface area contributed by atoms with Crippen molar-refractivity contribution < 1.29 is 4.74 Å². The minimum atomic E-state index is 0.767. The molecule has 0 aliphatic carbocycles. The summed E-state index contributed by atoms with van der Waals surface area (Å²) in [6.07, 6.45) is 1.75. The number of hydrogen-bond donors (Lipinski definition) is 1. The SMILES string of the molecule is COc1ccc(/C=N\Nc2nc(-c3ccccc3)cs2)cc1. The molecule has 110 valence electrons. The smallest absolute Gasteiger partial charge is 0.203 e. The molecule has 5 heteroatoms. The van der Waals surface area contributed by atoms with Gasteiger partial charge in [-0.15, -0.1) is 11.3 Å². The number of hydrogen-bond acceptors (Lipinski definition) is 5. The molecule has 0 fully saturated rings. The van der Waals surface area contributed by atoms with Crippen LogP contribution in [-0.2, 0) is 0 Å². The largest absolute Gasteiger partial charge is 0.497 e. The van der Waals surface area contributed by atoms with Gasteiger partial charge in [-0.1, -0.05) is 30.3 Å². The van der Waals surface area contributed by atoms with Crippen LogP contribution in [0.4, 0.5) is 5.13 Å². The molecule has 0 saturated carbocycles. The topological polar surface area (TPSA) is 46.5 Å². The van der Waals surface area contributed by atoms with Gasteiger partial charge in [0.05, 0.1) is 19.0 Å². The lowest BCUT2D eigenvalue weighted by molar-refractivity contribution is 0.415. The van der Waals surface area contributed by atoms with Crippen molar-refractivity contribution in [2.45, 2.75) is 0 Å². The minimum absolute atomic E-state index is 0.767. The lowest BCUT2D eigenvalue weighted by atomic mass is 10.2. The van der Waals surface area contributed by atoms with E-state index < -0.39 is 0 Å². The quantitative estimate of drug-likeness (QED) is 0.565. The molecule has 2 aromatic carbocycles. The Hall–Kier alpha value is -2.66. The Labute approximate surface area is 133 Å². The summed E-state index contributed by atoms with van der Waals surface area (Å²) < 4.78 is 5.12. The van der Waals surface area contributed by atoms with Gasteiger partial charge in [-0.05, 0) is 29.8 Å². The van der Waals surface area contributed by atoms with Crippen LogP contribution in [0.3, 0.4) is 0 Å². The molecule has 4 nitrogen and oxygen atoms in total. The van der Waals surface area contributed by atoms with Crippen molar-refractivity contribution in [1.29, 1.82) is 0 Å². The van der Waals surface area contributed by atoms with E-state index in [1.54, 1.807) is 13.3 Å². The van der Waals surface area contributed by atoms with Crippen molar-refractivity contribution in [1.82, 2.24) is 4.98 Å². The molecule has 0 atom stereocenters. The molecular formula is C17H15N3OS. The van der Waals surface area contributed by atoms with E-state index in [4.69, 9.17) is 4.74 Å². The summed E-state index contributed by atoms with van der Waals surface area (Å²) >= 11 is 1.53. The molecule has 1 heterocycles. The van der Waals surface area contributed by atoms with E-state index in [0.29, 0.717) is 0 Å². The third-order valence-electron chi connectivity index (χ3n) is 3.06. The third-order valence-corrected chi connectivity index (χ3v) is 3.81. The van der Waals surface area contributed by atoms with Crippen LogP contribution >= 0.6 is 11.3 Å². The molecule has 3 aromatic rings. The van der Waals surface area contributed by atoms with E-state index in [1.165, 1.54) is 11.3 Å². The lowest BCUT2D eigenvalue weighted by Gasteiger charge is -1.99. The first-order valence-electron chi connectivity index (χ1n) is 6.79. The van der Waals surface area contributed by atoms with E-state index in [2.05, 4.69) is 15.5 Å². The second-order valence-corrected chi connectivity index (χ2v) is 5.41. The highest BCUT2D eigenvalue weighted by Crippen LogP contribution is 2.24. The minimum Gasteiger partial charge on any atom is -0.497 e. The Morgan fingerprint density at radius 2 is 1.86 bits per heavy atom. The Balaban J connectivity index is 1.64. The molecule has 22 heavy (non-hydrogen) atoms. The molecule has 0 aliphatic heterocycles. The van der Waals surface area contributed by atoms with Crippen LogP contribution in [0.5, 0.6) is 5.75 Å². The normalized spacial score (nSPS) is 10.8. The van der Waals surface area contributed by atoms with Gasteiger partial charge in [0.25, 0.3) is 0 Å². The summed E-state index contributed by atoms with van der Waals surface area (Å²) in [4.78, 5) is 4.51. The molecule has 0 amide bonds. The van der Waals surface area contributed by atoms with Gasteiger partial charge in [-0.3, -0.25) is 5.43 Å². The van der Waals surface area contributed by atoms with Gasteiger partial charge in [-0.2, -0.15) is 5.10 Å². The molecule has 3 rings (SSSR count). The van der Waals surface area contributed by atoms with E-state index in [9.17, 15) is 0 Å². The second kappa shape index (κ2) is 6.87. The highest BCUT2D eigenvalue weighted by Gasteiger charge is 2.02. The van der Waals surface area contributed by atoms with Crippen molar-refractivity contribution in [3.8, 4) is 17.0 Å². The highest BCUT2D eigenvalue weighted by molar-refractivity contribution is 7.14. The molecule has 0 aliphatic rings. The zero-order valence-electron chi connectivity index (χ0n) is 12.1. The molecule has 0 unspecified atom stereocenters. The van der Waals surface area contributed by atoms with Gasteiger partial charge in [0.1, 0.15) is 5.75 Å². The Morgan fingerprint density at radius 3 is 2.59 bits per heavy atom. The summed E-state index contributed by atoms with van der Waals surface area (Å²) in [5, 5.41) is 6.99. The predicted molar refractivity (Wildman–Crippen MR) is 91.8 cm³/mol. The fraction of sp³-hybridized carbons (Fsp3) is 0.0588. The number of benzene rings is 2. The molecule has 0 saturated heterocycles. The van der Waals surface area contributed by atoms with Gasteiger partial charge in [0.2, 0.25) is 5.13 Å². The molecule has 1 aromatic heterocycles. The van der Waals surface area contributed by atoms with E-state index in [-0.39, 0.29) is 0 Å². The van der Waals surface area contributed by atoms with Crippen molar-refractivity contribution >= 4 is 22.7 Å². The summed E-state index contributed by atoms with van der Waals surface area (Å²) in [7, 11) is 1.65. The number of nitrogens with zero attached hydrogens (tertiary/aromatic N) is 2. The highest BCUT2D eigenvalue weighted by atomic mass is 32.1. The molecular weight excluding hydrogens is 294 g/mol. The van der Waals surface area contributed by atoms with E-state index in [0.717, 1.165) is 27.7 Å². The Morgan fingerprint density at radius 1 is 1.09 bits per heavy atom. The number of anilines is 1. The summed E-state index contributed by atoms with van der Waals surface area (Å²) in [5.41, 5.74) is 6.01. The van der Waals surface area contributed by atoms with Gasteiger partial charge >= 0.3 is 0 Å². The van der Waals surface area contributed by atoms with Crippen LogP contribution < -0.4 is 10.2 Å². The maximum Gasteiger partial charge on any atom is 0.203 e. The molecule has 0 radical (unpaired) electrons. The summed E-state index contributed by atoms with van der Waals surface area (Å²) in [5.74, 6) is 0.831. The molecule has 0 bridgehead atoms. The lowest BCUT2D eigenvalue weighted by Crippen LogP contribution is -1.90. The van der Waals surface area contributed by atoms with Crippen LogP contribution in [0.15, 0.2) is 65.1 Å². The summed E-state index contributed by atoms with van der Waals surface area (Å²) in [6.45, 7) is 0. The number of rotatable bonds is 5. The predicted octanol–water partition coefficient (Wildman–Crippen LogP) is 4.26. The fourth-order valence-electron chi connectivity index (χ4n) is 1.92. The Bertz CT molecular complexity index is 751. The number of hydrazone groups is 1. The second-order valence-electron chi connectivity index (χ2n) is 4.55. The van der Waals surface area contributed by atoms with Gasteiger partial charge in [0.15, 0.2) is 0 Å². The molecule has 0 spiro atoms. The van der Waals surface area contributed by atoms with Crippen LogP contribution in [0.1, 0.15) is 5.56 Å². The first-order chi connectivity index (χ1) is 10.8. The van der Waals surface area contributed by atoms with Gasteiger partial charge in [0, 0.05) is 10.9 Å². The first kappa shape index (κ1) is 14.3. The van der Waals surface area contributed by atoms with E-state index in [1.807, 2.05) is 60.0 Å². The number of thiazole rings is 1. The fourth-order valence-corrected chi connectivity index (χ4v) is 2.59. The maximum atomic E-state index is 5.12. The standard InChI is InChI=1S/C17H15N3OS/c1-21-15-9-7-13(8-10-15)11-18-20-17-19-16(12-22-17)14-5-3-2-4-6-14/h2-12H,1H3,(H,19,20)/b18-11-. The zero-order valence-corrected chi connectivity index (χ0v) is 12.9.